The molecule has 110 valence electrons. The van der Waals surface area contributed by atoms with Crippen molar-refractivity contribution in [1.29, 1.82) is 0 Å². The van der Waals surface area contributed by atoms with Crippen molar-refractivity contribution in [3.63, 3.8) is 0 Å². The predicted molar refractivity (Wildman–Crippen MR) is 84.8 cm³/mol. The van der Waals surface area contributed by atoms with Crippen LogP contribution in [0.1, 0.15) is 17.0 Å². The van der Waals surface area contributed by atoms with Crippen LogP contribution in [0.4, 0.5) is 0 Å². The van der Waals surface area contributed by atoms with Gasteiger partial charge in [-0.3, -0.25) is 0 Å². The van der Waals surface area contributed by atoms with Crippen LogP contribution in [0.15, 0.2) is 53.1 Å². The van der Waals surface area contributed by atoms with Gasteiger partial charge in [0.05, 0.1) is 6.26 Å². The lowest BCUT2D eigenvalue weighted by Crippen LogP contribution is -1.93. The van der Waals surface area contributed by atoms with Crippen LogP contribution >= 0.6 is 11.3 Å². The summed E-state index contributed by atoms with van der Waals surface area (Å²) in [5, 5.41) is 14.0. The van der Waals surface area contributed by atoms with E-state index in [1.165, 1.54) is 5.56 Å². The van der Waals surface area contributed by atoms with Crippen molar-refractivity contribution >= 4 is 16.3 Å². The predicted octanol–water partition coefficient (Wildman–Crippen LogP) is 3.62. The Bertz CT molecular complexity index is 864. The fourth-order valence-corrected chi connectivity index (χ4v) is 3.28. The molecule has 0 radical (unpaired) electrons. The molecule has 6 heteroatoms. The molecule has 4 aromatic rings. The molecule has 0 N–H and O–H groups in total. The lowest BCUT2D eigenvalue weighted by molar-refractivity contribution is 0.574. The van der Waals surface area contributed by atoms with Crippen molar-refractivity contribution in [3.8, 4) is 11.6 Å². The van der Waals surface area contributed by atoms with Crippen molar-refractivity contribution in [2.24, 2.45) is 0 Å². The van der Waals surface area contributed by atoms with Gasteiger partial charge in [-0.05, 0) is 30.5 Å². The van der Waals surface area contributed by atoms with E-state index in [2.05, 4.69) is 39.6 Å². The van der Waals surface area contributed by atoms with Gasteiger partial charge in [-0.1, -0.05) is 41.7 Å². The van der Waals surface area contributed by atoms with Crippen LogP contribution in [0.2, 0.25) is 0 Å². The highest BCUT2D eigenvalue weighted by Gasteiger charge is 2.14. The van der Waals surface area contributed by atoms with Gasteiger partial charge in [0.2, 0.25) is 10.8 Å². The van der Waals surface area contributed by atoms with Gasteiger partial charge in [-0.25, -0.2) is 0 Å². The standard InChI is InChI=1S/C16H14N4OS/c1-2-6-12(7-3-1)8-4-10-14-19-20-15(13-9-5-11-21-13)17-18-16(20)22-14/h1-3,5-7,9,11H,4,8,10H2. The van der Waals surface area contributed by atoms with E-state index in [9.17, 15) is 0 Å². The molecule has 0 saturated heterocycles. The molecule has 0 amide bonds. The Hall–Kier alpha value is -2.47. The second-order valence-electron chi connectivity index (χ2n) is 5.03. The largest absolute Gasteiger partial charge is 0.461 e. The quantitative estimate of drug-likeness (QED) is 0.565. The zero-order chi connectivity index (χ0) is 14.8. The maximum Gasteiger partial charge on any atom is 0.235 e. The van der Waals surface area contributed by atoms with Gasteiger partial charge < -0.3 is 4.42 Å². The van der Waals surface area contributed by atoms with Gasteiger partial charge in [-0.2, -0.15) is 9.61 Å². The Morgan fingerprint density at radius 1 is 1.00 bits per heavy atom. The summed E-state index contributed by atoms with van der Waals surface area (Å²) in [6.45, 7) is 0. The second-order valence-corrected chi connectivity index (χ2v) is 6.07. The van der Waals surface area contributed by atoms with Gasteiger partial charge >= 0.3 is 0 Å². The monoisotopic (exact) mass is 310 g/mol. The Morgan fingerprint density at radius 2 is 1.91 bits per heavy atom. The number of aryl methyl sites for hydroxylation is 2. The molecule has 0 bridgehead atoms. The molecule has 1 aromatic carbocycles. The van der Waals surface area contributed by atoms with Gasteiger partial charge in [0.1, 0.15) is 5.01 Å². The van der Waals surface area contributed by atoms with Crippen LogP contribution in [0.3, 0.4) is 0 Å². The Balaban J connectivity index is 1.49. The number of furan rings is 1. The van der Waals surface area contributed by atoms with Gasteiger partial charge in [0.15, 0.2) is 5.76 Å². The molecule has 5 nitrogen and oxygen atoms in total. The van der Waals surface area contributed by atoms with Crippen molar-refractivity contribution in [2.75, 3.05) is 0 Å². The highest BCUT2D eigenvalue weighted by molar-refractivity contribution is 7.16. The van der Waals surface area contributed by atoms with Crippen molar-refractivity contribution in [3.05, 3.63) is 59.3 Å². The highest BCUT2D eigenvalue weighted by Crippen LogP contribution is 2.22. The first kappa shape index (κ1) is 13.2. The molecule has 0 aliphatic heterocycles. The van der Waals surface area contributed by atoms with Crippen LogP contribution < -0.4 is 0 Å². The molecular weight excluding hydrogens is 296 g/mol. The van der Waals surface area contributed by atoms with E-state index in [0.717, 1.165) is 29.2 Å². The Kier molecular flexibility index (Phi) is 3.44. The summed E-state index contributed by atoms with van der Waals surface area (Å²) in [7, 11) is 0. The zero-order valence-corrected chi connectivity index (χ0v) is 12.7. The lowest BCUT2D eigenvalue weighted by atomic mass is 10.1. The van der Waals surface area contributed by atoms with E-state index in [0.29, 0.717) is 11.6 Å². The van der Waals surface area contributed by atoms with E-state index in [4.69, 9.17) is 4.42 Å². The van der Waals surface area contributed by atoms with Crippen LogP contribution in [-0.4, -0.2) is 19.8 Å². The molecule has 0 aliphatic rings. The third-order valence-corrected chi connectivity index (χ3v) is 4.43. The first-order valence-electron chi connectivity index (χ1n) is 7.19. The summed E-state index contributed by atoms with van der Waals surface area (Å²) >= 11 is 1.59. The summed E-state index contributed by atoms with van der Waals surface area (Å²) in [6.07, 6.45) is 4.71. The van der Waals surface area contributed by atoms with E-state index in [-0.39, 0.29) is 0 Å². The molecule has 0 unspecified atom stereocenters. The van der Waals surface area contributed by atoms with Crippen molar-refractivity contribution in [2.45, 2.75) is 19.3 Å². The second kappa shape index (κ2) is 5.73. The molecular formula is C16H14N4OS. The summed E-state index contributed by atoms with van der Waals surface area (Å²) in [5.41, 5.74) is 1.36. The molecule has 0 spiro atoms. The minimum atomic E-state index is 0.658. The van der Waals surface area contributed by atoms with Gasteiger partial charge in [-0.15, -0.1) is 10.2 Å². The number of rotatable bonds is 5. The molecule has 0 fully saturated rings. The topological polar surface area (TPSA) is 56.2 Å². The van der Waals surface area contributed by atoms with Gasteiger partial charge in [0.25, 0.3) is 0 Å². The number of fused-ring (bicyclic) bond motifs is 1. The molecule has 3 aromatic heterocycles. The molecule has 0 saturated carbocycles. The average Bonchev–Trinajstić information content (AvgIpc) is 3.24. The number of aromatic nitrogens is 4. The third-order valence-electron chi connectivity index (χ3n) is 3.47. The lowest BCUT2D eigenvalue weighted by Gasteiger charge is -1.98. The number of nitrogens with zero attached hydrogens (tertiary/aromatic N) is 4. The first-order valence-corrected chi connectivity index (χ1v) is 8.01. The SMILES string of the molecule is c1ccc(CCCc2nn3c(-c4ccco4)nnc3s2)cc1. The molecule has 3 heterocycles. The number of hydrogen-bond acceptors (Lipinski definition) is 5. The summed E-state index contributed by atoms with van der Waals surface area (Å²) in [5.74, 6) is 1.35. The van der Waals surface area contributed by atoms with E-state index in [1.807, 2.05) is 18.2 Å². The third kappa shape index (κ3) is 2.53. The maximum atomic E-state index is 5.38. The minimum Gasteiger partial charge on any atom is -0.461 e. The summed E-state index contributed by atoms with van der Waals surface area (Å²) in [4.78, 5) is 0.807. The summed E-state index contributed by atoms with van der Waals surface area (Å²) in [6, 6.07) is 14.2. The van der Waals surface area contributed by atoms with E-state index in [1.54, 1.807) is 22.1 Å². The van der Waals surface area contributed by atoms with E-state index >= 15 is 0 Å². The fourth-order valence-electron chi connectivity index (χ4n) is 2.41. The van der Waals surface area contributed by atoms with Gasteiger partial charge in [0, 0.05) is 6.42 Å². The summed E-state index contributed by atoms with van der Waals surface area (Å²) < 4.78 is 7.14. The van der Waals surface area contributed by atoms with Crippen LogP contribution in [-0.2, 0) is 12.8 Å². The Labute approximate surface area is 131 Å². The van der Waals surface area contributed by atoms with Crippen molar-refractivity contribution < 1.29 is 4.42 Å². The number of benzene rings is 1. The normalized spacial score (nSPS) is 11.3. The average molecular weight is 310 g/mol. The van der Waals surface area contributed by atoms with Crippen LogP contribution in [0.5, 0.6) is 0 Å². The van der Waals surface area contributed by atoms with Crippen LogP contribution in [0, 0.1) is 0 Å². The van der Waals surface area contributed by atoms with E-state index < -0.39 is 0 Å². The molecule has 0 atom stereocenters. The first-order chi connectivity index (χ1) is 10.9. The maximum absolute atomic E-state index is 5.38. The van der Waals surface area contributed by atoms with Crippen LogP contribution in [0.25, 0.3) is 16.5 Å². The fraction of sp³-hybridized carbons (Fsp3) is 0.188. The molecule has 0 aliphatic carbocycles. The zero-order valence-electron chi connectivity index (χ0n) is 11.8. The number of hydrogen-bond donors (Lipinski definition) is 0. The van der Waals surface area contributed by atoms with Crippen molar-refractivity contribution in [1.82, 2.24) is 19.8 Å². The minimum absolute atomic E-state index is 0.658. The smallest absolute Gasteiger partial charge is 0.235 e. The molecule has 4 rings (SSSR count). The molecule has 22 heavy (non-hydrogen) atoms. The Morgan fingerprint density at radius 3 is 2.73 bits per heavy atom. The highest BCUT2D eigenvalue weighted by atomic mass is 32.1.